The van der Waals surface area contributed by atoms with Crippen molar-refractivity contribution in [3.63, 3.8) is 0 Å². The van der Waals surface area contributed by atoms with Crippen LogP contribution in [-0.2, 0) is 5.32 Å². The summed E-state index contributed by atoms with van der Waals surface area (Å²) in [6.45, 7) is 0. The summed E-state index contributed by atoms with van der Waals surface area (Å²) in [7, 11) is 0. The van der Waals surface area contributed by atoms with E-state index < -0.39 is 4.92 Å². The van der Waals surface area contributed by atoms with E-state index in [2.05, 4.69) is 16.0 Å². The van der Waals surface area contributed by atoms with E-state index in [9.17, 15) is 10.1 Å². The van der Waals surface area contributed by atoms with Crippen LogP contribution in [0.5, 0.6) is 0 Å². The van der Waals surface area contributed by atoms with Crippen molar-refractivity contribution in [2.24, 2.45) is 0 Å². The van der Waals surface area contributed by atoms with Gasteiger partial charge in [-0.2, -0.15) is 0 Å². The number of hydrogen-bond acceptors (Lipinski definition) is 2. The first-order valence-electron chi connectivity index (χ1n) is 3.08. The summed E-state index contributed by atoms with van der Waals surface area (Å²) < 4.78 is 0. The topological polar surface area (TPSA) is 43.1 Å². The molecule has 0 fully saturated rings. The van der Waals surface area contributed by atoms with Gasteiger partial charge in [0.15, 0.2) is 0 Å². The number of nitro benzene ring substituents is 1. The van der Waals surface area contributed by atoms with Crippen LogP contribution in [0.1, 0.15) is 5.56 Å². The van der Waals surface area contributed by atoms with E-state index in [1.807, 2.05) is 0 Å². The minimum atomic E-state index is -0.395. The van der Waals surface area contributed by atoms with Crippen LogP contribution in [0.2, 0.25) is 0 Å². The maximum atomic E-state index is 10.2. The van der Waals surface area contributed by atoms with Crippen LogP contribution < -0.4 is 0 Å². The predicted molar refractivity (Wildman–Crippen MR) is 43.9 cm³/mol. The van der Waals surface area contributed by atoms with Crippen molar-refractivity contribution in [1.29, 1.82) is 0 Å². The molecule has 0 heterocycles. The van der Waals surface area contributed by atoms with Crippen molar-refractivity contribution >= 4 is 21.7 Å². The SMILES string of the molecule is O=[N+]([O-])c1ccc(C[SeH])cc1. The van der Waals surface area contributed by atoms with Crippen molar-refractivity contribution in [2.45, 2.75) is 5.32 Å². The van der Waals surface area contributed by atoms with Gasteiger partial charge in [-0.05, 0) is 0 Å². The fourth-order valence-electron chi connectivity index (χ4n) is 0.723. The van der Waals surface area contributed by atoms with Crippen LogP contribution in [0.15, 0.2) is 24.3 Å². The third kappa shape index (κ3) is 2.03. The van der Waals surface area contributed by atoms with E-state index >= 15 is 0 Å². The van der Waals surface area contributed by atoms with Gasteiger partial charge in [-0.1, -0.05) is 0 Å². The predicted octanol–water partition coefficient (Wildman–Crippen LogP) is 0.996. The number of benzene rings is 1. The molecule has 3 nitrogen and oxygen atoms in total. The molecule has 0 saturated heterocycles. The number of rotatable bonds is 2. The Morgan fingerprint density at radius 3 is 2.27 bits per heavy atom. The molecule has 0 aliphatic carbocycles. The molecule has 0 bridgehead atoms. The molecule has 1 rings (SSSR count). The second-order valence-corrected chi connectivity index (χ2v) is 2.75. The minimum absolute atomic E-state index is 0.148. The van der Waals surface area contributed by atoms with Gasteiger partial charge in [-0.25, -0.2) is 0 Å². The summed E-state index contributed by atoms with van der Waals surface area (Å²) in [6.07, 6.45) is 0. The first-order chi connectivity index (χ1) is 5.24. The van der Waals surface area contributed by atoms with Crippen LogP contribution in [0.25, 0.3) is 0 Å². The molecular formula is C7H7NO2Se. The molecule has 0 amide bonds. The molecule has 1 aromatic carbocycles. The average molecular weight is 216 g/mol. The van der Waals surface area contributed by atoms with Crippen LogP contribution in [0, 0.1) is 10.1 Å². The standard InChI is InChI=1S/C7H7NO2Se/c9-8(10)7-3-1-6(5-11)2-4-7/h1-4,11H,5H2. The first kappa shape index (κ1) is 8.24. The summed E-state index contributed by atoms with van der Waals surface area (Å²) in [4.78, 5) is 9.81. The van der Waals surface area contributed by atoms with Crippen molar-refractivity contribution in [2.75, 3.05) is 0 Å². The van der Waals surface area contributed by atoms with Gasteiger partial charge < -0.3 is 0 Å². The molecule has 1 aromatic rings. The fraction of sp³-hybridized carbons (Fsp3) is 0.143. The van der Waals surface area contributed by atoms with Crippen molar-refractivity contribution in [3.05, 3.63) is 39.9 Å². The monoisotopic (exact) mass is 217 g/mol. The third-order valence-corrected chi connectivity index (χ3v) is 2.10. The van der Waals surface area contributed by atoms with E-state index in [-0.39, 0.29) is 5.69 Å². The molecule has 0 aromatic heterocycles. The Morgan fingerprint density at radius 2 is 1.91 bits per heavy atom. The van der Waals surface area contributed by atoms with Gasteiger partial charge in [0.05, 0.1) is 0 Å². The zero-order chi connectivity index (χ0) is 8.27. The van der Waals surface area contributed by atoms with E-state index in [1.165, 1.54) is 12.1 Å². The maximum absolute atomic E-state index is 10.2. The van der Waals surface area contributed by atoms with Gasteiger partial charge in [0.25, 0.3) is 0 Å². The van der Waals surface area contributed by atoms with Gasteiger partial charge in [0.1, 0.15) is 0 Å². The molecule has 0 aliphatic rings. The second-order valence-electron chi connectivity index (χ2n) is 2.08. The Bertz CT molecular complexity index is 258. The average Bonchev–Trinajstić information content (AvgIpc) is 2.05. The Hall–Kier alpha value is -0.861. The van der Waals surface area contributed by atoms with Crippen molar-refractivity contribution in [1.82, 2.24) is 0 Å². The molecule has 0 saturated carbocycles. The Morgan fingerprint density at radius 1 is 1.36 bits per heavy atom. The molecule has 11 heavy (non-hydrogen) atoms. The zero-order valence-corrected chi connectivity index (χ0v) is 7.60. The number of hydrogen-bond donors (Lipinski definition) is 0. The van der Waals surface area contributed by atoms with E-state index in [0.29, 0.717) is 0 Å². The van der Waals surface area contributed by atoms with Gasteiger partial charge in [0, 0.05) is 0 Å². The van der Waals surface area contributed by atoms with E-state index in [4.69, 9.17) is 0 Å². The second kappa shape index (κ2) is 3.51. The quantitative estimate of drug-likeness (QED) is 0.420. The van der Waals surface area contributed by atoms with Gasteiger partial charge >= 0.3 is 71.9 Å². The Kier molecular flexibility index (Phi) is 2.63. The first-order valence-corrected chi connectivity index (χ1v) is 4.41. The molecule has 58 valence electrons. The molecule has 0 radical (unpaired) electrons. The van der Waals surface area contributed by atoms with Gasteiger partial charge in [0.2, 0.25) is 0 Å². The Labute approximate surface area is 72.4 Å². The van der Waals surface area contributed by atoms with Crippen LogP contribution in [0.3, 0.4) is 0 Å². The molecule has 0 spiro atoms. The van der Waals surface area contributed by atoms with Crippen LogP contribution in [-0.4, -0.2) is 20.9 Å². The number of nitro groups is 1. The number of non-ortho nitro benzene ring substituents is 1. The van der Waals surface area contributed by atoms with E-state index in [1.54, 1.807) is 12.1 Å². The molecule has 0 unspecified atom stereocenters. The van der Waals surface area contributed by atoms with Crippen molar-refractivity contribution in [3.8, 4) is 0 Å². The third-order valence-electron chi connectivity index (χ3n) is 1.33. The van der Waals surface area contributed by atoms with Crippen LogP contribution >= 0.6 is 0 Å². The molecule has 4 heteroatoms. The van der Waals surface area contributed by atoms with Crippen LogP contribution in [0.4, 0.5) is 5.69 Å². The molecule has 0 aliphatic heterocycles. The number of nitrogens with zero attached hydrogens (tertiary/aromatic N) is 1. The van der Waals surface area contributed by atoms with Gasteiger partial charge in [-0.3, -0.25) is 0 Å². The zero-order valence-electron chi connectivity index (χ0n) is 5.73. The Balaban J connectivity index is 2.91. The fourth-order valence-corrected chi connectivity index (χ4v) is 1.17. The molecular weight excluding hydrogens is 209 g/mol. The summed E-state index contributed by atoms with van der Waals surface area (Å²) >= 11 is 2.43. The normalized spacial score (nSPS) is 9.55. The summed E-state index contributed by atoms with van der Waals surface area (Å²) in [6, 6.07) is 6.55. The van der Waals surface area contributed by atoms with Gasteiger partial charge in [-0.15, -0.1) is 0 Å². The molecule has 0 N–H and O–H groups in total. The summed E-state index contributed by atoms with van der Waals surface area (Å²) in [5, 5.41) is 11.1. The summed E-state index contributed by atoms with van der Waals surface area (Å²) in [5.41, 5.74) is 1.24. The molecule has 0 atom stereocenters. The van der Waals surface area contributed by atoms with Crippen molar-refractivity contribution < 1.29 is 4.92 Å². The summed E-state index contributed by atoms with van der Waals surface area (Å²) in [5.74, 6) is 0. The van der Waals surface area contributed by atoms with E-state index in [0.717, 1.165) is 10.9 Å².